The number of nitrogens with zero attached hydrogens (tertiary/aromatic N) is 1. The summed E-state index contributed by atoms with van der Waals surface area (Å²) >= 11 is 0. The molecule has 0 radical (unpaired) electrons. The lowest BCUT2D eigenvalue weighted by Gasteiger charge is -2.28. The third kappa shape index (κ3) is 4.16. The van der Waals surface area contributed by atoms with Gasteiger partial charge in [-0.2, -0.15) is 0 Å². The zero-order chi connectivity index (χ0) is 19.6. The molecule has 0 unspecified atom stereocenters. The molecule has 1 saturated heterocycles. The SMILES string of the molecule is Cc1cc(=O)c(O)c([C@H](CC(=O)N2CCOCC2)c2ccc(F)c(F)c2)o1. The highest BCUT2D eigenvalue weighted by atomic mass is 19.2. The van der Waals surface area contributed by atoms with Crippen LogP contribution in [-0.2, 0) is 9.53 Å². The predicted octanol–water partition coefficient (Wildman–Crippen LogP) is 2.31. The maximum Gasteiger partial charge on any atom is 0.227 e. The Morgan fingerprint density at radius 2 is 1.93 bits per heavy atom. The maximum atomic E-state index is 13.8. The van der Waals surface area contributed by atoms with Gasteiger partial charge in [0.1, 0.15) is 5.76 Å². The van der Waals surface area contributed by atoms with E-state index in [1.165, 1.54) is 13.0 Å². The van der Waals surface area contributed by atoms with Crippen LogP contribution in [0.3, 0.4) is 0 Å². The van der Waals surface area contributed by atoms with Crippen LogP contribution in [0.1, 0.15) is 29.4 Å². The van der Waals surface area contributed by atoms with Gasteiger partial charge in [0.05, 0.1) is 19.1 Å². The molecule has 0 saturated carbocycles. The second-order valence-corrected chi connectivity index (χ2v) is 6.36. The van der Waals surface area contributed by atoms with E-state index in [-0.39, 0.29) is 29.4 Å². The third-order valence-corrected chi connectivity index (χ3v) is 4.48. The number of benzene rings is 1. The van der Waals surface area contributed by atoms with E-state index < -0.39 is 28.7 Å². The van der Waals surface area contributed by atoms with Crippen molar-refractivity contribution in [2.24, 2.45) is 0 Å². The van der Waals surface area contributed by atoms with Gasteiger partial charge in [0.15, 0.2) is 17.4 Å². The molecule has 3 rings (SSSR count). The lowest BCUT2D eigenvalue weighted by Crippen LogP contribution is -2.41. The summed E-state index contributed by atoms with van der Waals surface area (Å²) in [6.07, 6.45) is -0.176. The smallest absolute Gasteiger partial charge is 0.227 e. The van der Waals surface area contributed by atoms with Crippen molar-refractivity contribution < 1.29 is 27.8 Å². The van der Waals surface area contributed by atoms with Crippen LogP contribution in [-0.4, -0.2) is 42.2 Å². The highest BCUT2D eigenvalue weighted by Crippen LogP contribution is 2.34. The second-order valence-electron chi connectivity index (χ2n) is 6.36. The largest absolute Gasteiger partial charge is 0.502 e. The van der Waals surface area contributed by atoms with Gasteiger partial charge in [0.25, 0.3) is 0 Å². The number of hydrogen-bond acceptors (Lipinski definition) is 5. The Morgan fingerprint density at radius 3 is 2.59 bits per heavy atom. The zero-order valence-electron chi connectivity index (χ0n) is 14.7. The second kappa shape index (κ2) is 7.87. The third-order valence-electron chi connectivity index (χ3n) is 4.48. The minimum Gasteiger partial charge on any atom is -0.502 e. The number of aromatic hydroxyl groups is 1. The Labute approximate surface area is 154 Å². The number of amides is 1. The number of rotatable bonds is 4. The van der Waals surface area contributed by atoms with E-state index in [0.717, 1.165) is 18.2 Å². The van der Waals surface area contributed by atoms with Gasteiger partial charge >= 0.3 is 0 Å². The van der Waals surface area contributed by atoms with Crippen LogP contribution in [0.4, 0.5) is 8.78 Å². The molecular weight excluding hydrogens is 360 g/mol. The molecule has 0 spiro atoms. The van der Waals surface area contributed by atoms with E-state index >= 15 is 0 Å². The summed E-state index contributed by atoms with van der Waals surface area (Å²) in [7, 11) is 0. The molecule has 2 aromatic rings. The molecule has 0 aliphatic carbocycles. The topological polar surface area (TPSA) is 80.0 Å². The fourth-order valence-electron chi connectivity index (χ4n) is 3.07. The molecule has 1 aromatic carbocycles. The van der Waals surface area contributed by atoms with Crippen molar-refractivity contribution >= 4 is 5.91 Å². The lowest BCUT2D eigenvalue weighted by atomic mass is 9.91. The van der Waals surface area contributed by atoms with Gasteiger partial charge in [0, 0.05) is 25.6 Å². The average Bonchev–Trinajstić information content (AvgIpc) is 2.66. The Kier molecular flexibility index (Phi) is 5.55. The number of morpholine rings is 1. The van der Waals surface area contributed by atoms with Crippen LogP contribution in [0, 0.1) is 18.6 Å². The van der Waals surface area contributed by atoms with Crippen molar-refractivity contribution in [2.75, 3.05) is 26.3 Å². The zero-order valence-corrected chi connectivity index (χ0v) is 14.7. The Bertz CT molecular complexity index is 905. The molecule has 8 heteroatoms. The van der Waals surface area contributed by atoms with Crippen molar-refractivity contribution in [1.29, 1.82) is 0 Å². The van der Waals surface area contributed by atoms with Crippen molar-refractivity contribution in [1.82, 2.24) is 4.90 Å². The molecule has 1 amide bonds. The number of carbonyl (C=O) groups excluding carboxylic acids is 1. The van der Waals surface area contributed by atoms with Crippen LogP contribution in [0.2, 0.25) is 0 Å². The van der Waals surface area contributed by atoms with Crippen LogP contribution < -0.4 is 5.43 Å². The fourth-order valence-corrected chi connectivity index (χ4v) is 3.07. The number of hydrogen-bond donors (Lipinski definition) is 1. The quantitative estimate of drug-likeness (QED) is 0.882. The Morgan fingerprint density at radius 1 is 1.22 bits per heavy atom. The van der Waals surface area contributed by atoms with Crippen molar-refractivity contribution in [2.45, 2.75) is 19.3 Å². The average molecular weight is 379 g/mol. The molecule has 1 N–H and O–H groups in total. The molecule has 1 aliphatic rings. The van der Waals surface area contributed by atoms with Crippen LogP contribution in [0.15, 0.2) is 33.5 Å². The lowest BCUT2D eigenvalue weighted by molar-refractivity contribution is -0.135. The first kappa shape index (κ1) is 19.0. The van der Waals surface area contributed by atoms with Crippen LogP contribution in [0.5, 0.6) is 5.75 Å². The molecule has 144 valence electrons. The molecule has 6 nitrogen and oxygen atoms in total. The van der Waals surface area contributed by atoms with Gasteiger partial charge in [-0.25, -0.2) is 8.78 Å². The maximum absolute atomic E-state index is 13.8. The Balaban J connectivity index is 2.02. The summed E-state index contributed by atoms with van der Waals surface area (Å²) < 4.78 is 37.8. The highest BCUT2D eigenvalue weighted by Gasteiger charge is 2.29. The van der Waals surface area contributed by atoms with Gasteiger partial charge in [-0.05, 0) is 24.6 Å². The van der Waals surface area contributed by atoms with Gasteiger partial charge in [-0.1, -0.05) is 6.07 Å². The minimum atomic E-state index is -1.09. The number of halogens is 2. The summed E-state index contributed by atoms with van der Waals surface area (Å²) in [6.45, 7) is 3.16. The van der Waals surface area contributed by atoms with Crippen molar-refractivity contribution in [3.8, 4) is 5.75 Å². The van der Waals surface area contributed by atoms with Gasteiger partial charge in [-0.3, -0.25) is 9.59 Å². The van der Waals surface area contributed by atoms with E-state index in [9.17, 15) is 23.5 Å². The number of carbonyl (C=O) groups is 1. The van der Waals surface area contributed by atoms with Crippen LogP contribution >= 0.6 is 0 Å². The van der Waals surface area contributed by atoms with Crippen molar-refractivity contribution in [3.05, 3.63) is 63.2 Å². The van der Waals surface area contributed by atoms with E-state index in [1.807, 2.05) is 0 Å². The molecule has 1 atom stereocenters. The first-order chi connectivity index (χ1) is 12.9. The van der Waals surface area contributed by atoms with Crippen LogP contribution in [0.25, 0.3) is 0 Å². The van der Waals surface area contributed by atoms with E-state index in [2.05, 4.69) is 0 Å². The monoisotopic (exact) mass is 379 g/mol. The van der Waals surface area contributed by atoms with Crippen molar-refractivity contribution in [3.63, 3.8) is 0 Å². The van der Waals surface area contributed by atoms with Gasteiger partial charge in [-0.15, -0.1) is 0 Å². The summed E-state index contributed by atoms with van der Waals surface area (Å²) in [4.78, 5) is 26.2. The number of aryl methyl sites for hydroxylation is 1. The molecule has 0 bridgehead atoms. The highest BCUT2D eigenvalue weighted by molar-refractivity contribution is 5.78. The van der Waals surface area contributed by atoms with E-state index in [1.54, 1.807) is 4.90 Å². The summed E-state index contributed by atoms with van der Waals surface area (Å²) in [6, 6.07) is 4.29. The standard InChI is InChI=1S/C19H19F2NO5/c1-11-8-16(23)18(25)19(27-11)13(12-2-3-14(20)15(21)9-12)10-17(24)22-4-6-26-7-5-22/h2-3,8-9,13,25H,4-7,10H2,1H3/t13-/m1/s1. The first-order valence-corrected chi connectivity index (χ1v) is 8.51. The molecule has 1 fully saturated rings. The molecule has 1 aliphatic heterocycles. The minimum absolute atomic E-state index is 0.146. The van der Waals surface area contributed by atoms with Gasteiger partial charge in [0.2, 0.25) is 17.1 Å². The van der Waals surface area contributed by atoms with E-state index in [4.69, 9.17) is 9.15 Å². The molecule has 2 heterocycles. The fraction of sp³-hybridized carbons (Fsp3) is 0.368. The first-order valence-electron chi connectivity index (χ1n) is 8.51. The summed E-state index contributed by atoms with van der Waals surface area (Å²) in [5.74, 6) is -3.89. The Hall–Kier alpha value is -2.74. The summed E-state index contributed by atoms with van der Waals surface area (Å²) in [5.41, 5.74) is -0.445. The molecule has 1 aromatic heterocycles. The predicted molar refractivity (Wildman–Crippen MR) is 91.6 cm³/mol. The van der Waals surface area contributed by atoms with Gasteiger partial charge < -0.3 is 19.2 Å². The molecule has 27 heavy (non-hydrogen) atoms. The summed E-state index contributed by atoms with van der Waals surface area (Å²) in [5, 5.41) is 10.2. The van der Waals surface area contributed by atoms with E-state index in [0.29, 0.717) is 26.3 Å². The normalized spacial score (nSPS) is 15.6. The molecular formula is C19H19F2NO5. The number of ether oxygens (including phenoxy) is 1.